The predicted molar refractivity (Wildman–Crippen MR) is 85.7 cm³/mol. The molecule has 20 heavy (non-hydrogen) atoms. The topological polar surface area (TPSA) is 53.9 Å². The van der Waals surface area contributed by atoms with Crippen molar-refractivity contribution in [3.8, 4) is 0 Å². The van der Waals surface area contributed by atoms with Crippen molar-refractivity contribution in [2.45, 2.75) is 56.9 Å². The quantitative estimate of drug-likeness (QED) is 0.814. The van der Waals surface area contributed by atoms with Gasteiger partial charge in [-0.25, -0.2) is 0 Å². The molecule has 0 bridgehead atoms. The minimum atomic E-state index is 0.529. The standard InChI is InChI=1S/C14H25N5S/c1-4-11(3)20-14-17-12(15-5-2)16-13(18-14)19-9-7-6-8-10-19/h11H,4-10H2,1-3H3,(H,15,16,17,18). The molecule has 112 valence electrons. The maximum Gasteiger partial charge on any atom is 0.231 e. The van der Waals surface area contributed by atoms with Crippen LogP contribution in [0.3, 0.4) is 0 Å². The molecule has 5 nitrogen and oxygen atoms in total. The van der Waals surface area contributed by atoms with Gasteiger partial charge >= 0.3 is 0 Å². The second kappa shape index (κ2) is 7.67. The van der Waals surface area contributed by atoms with Gasteiger partial charge < -0.3 is 10.2 Å². The third-order valence-electron chi connectivity index (χ3n) is 3.46. The van der Waals surface area contributed by atoms with Crippen LogP contribution < -0.4 is 10.2 Å². The van der Waals surface area contributed by atoms with E-state index in [1.54, 1.807) is 11.8 Å². The van der Waals surface area contributed by atoms with Crippen LogP contribution >= 0.6 is 11.8 Å². The fourth-order valence-corrected chi connectivity index (χ4v) is 2.93. The van der Waals surface area contributed by atoms with Gasteiger partial charge in [0.25, 0.3) is 0 Å². The zero-order valence-corrected chi connectivity index (χ0v) is 13.5. The minimum Gasteiger partial charge on any atom is -0.354 e. The van der Waals surface area contributed by atoms with E-state index in [0.717, 1.165) is 37.2 Å². The molecule has 6 heteroatoms. The number of piperidine rings is 1. The lowest BCUT2D eigenvalue weighted by Crippen LogP contribution is -2.31. The molecule has 1 aliphatic heterocycles. The van der Waals surface area contributed by atoms with Gasteiger partial charge in [0, 0.05) is 24.9 Å². The van der Waals surface area contributed by atoms with Gasteiger partial charge in [0.15, 0.2) is 5.16 Å². The smallest absolute Gasteiger partial charge is 0.231 e. The number of hydrogen-bond donors (Lipinski definition) is 1. The van der Waals surface area contributed by atoms with Crippen LogP contribution in [0.25, 0.3) is 0 Å². The van der Waals surface area contributed by atoms with E-state index in [4.69, 9.17) is 0 Å². The molecule has 1 N–H and O–H groups in total. The Morgan fingerprint density at radius 1 is 1.15 bits per heavy atom. The molecule has 0 amide bonds. The van der Waals surface area contributed by atoms with Crippen molar-refractivity contribution in [3.63, 3.8) is 0 Å². The average Bonchev–Trinajstić information content (AvgIpc) is 2.48. The Hall–Kier alpha value is -1.04. The van der Waals surface area contributed by atoms with E-state index in [0.29, 0.717) is 11.2 Å². The van der Waals surface area contributed by atoms with E-state index in [1.807, 2.05) is 0 Å². The molecule has 1 fully saturated rings. The second-order valence-electron chi connectivity index (χ2n) is 5.16. The minimum absolute atomic E-state index is 0.529. The Morgan fingerprint density at radius 3 is 2.55 bits per heavy atom. The molecular formula is C14H25N5S. The van der Waals surface area contributed by atoms with Crippen LogP contribution in [0.2, 0.25) is 0 Å². The summed E-state index contributed by atoms with van der Waals surface area (Å²) in [6, 6.07) is 0. The number of nitrogens with zero attached hydrogens (tertiary/aromatic N) is 4. The first-order valence-electron chi connectivity index (χ1n) is 7.64. The molecule has 1 saturated heterocycles. The first-order valence-corrected chi connectivity index (χ1v) is 8.52. The third kappa shape index (κ3) is 4.23. The molecule has 1 aromatic heterocycles. The summed E-state index contributed by atoms with van der Waals surface area (Å²) in [5.41, 5.74) is 0. The van der Waals surface area contributed by atoms with Crippen molar-refractivity contribution >= 4 is 23.7 Å². The first kappa shape index (κ1) is 15.4. The molecule has 1 unspecified atom stereocenters. The summed E-state index contributed by atoms with van der Waals surface area (Å²) in [5, 5.41) is 4.58. The van der Waals surface area contributed by atoms with E-state index < -0.39 is 0 Å². The van der Waals surface area contributed by atoms with Gasteiger partial charge in [-0.1, -0.05) is 25.6 Å². The fraction of sp³-hybridized carbons (Fsp3) is 0.786. The fourth-order valence-electron chi connectivity index (χ4n) is 2.13. The Balaban J connectivity index is 2.20. The van der Waals surface area contributed by atoms with Crippen molar-refractivity contribution in [2.75, 3.05) is 29.9 Å². The highest BCUT2D eigenvalue weighted by Crippen LogP contribution is 2.25. The van der Waals surface area contributed by atoms with Crippen molar-refractivity contribution in [1.29, 1.82) is 0 Å². The maximum atomic E-state index is 4.65. The van der Waals surface area contributed by atoms with Gasteiger partial charge in [0.2, 0.25) is 11.9 Å². The normalized spacial score (nSPS) is 17.1. The van der Waals surface area contributed by atoms with E-state index in [1.165, 1.54) is 19.3 Å². The van der Waals surface area contributed by atoms with Gasteiger partial charge in [-0.3, -0.25) is 0 Å². The highest BCUT2D eigenvalue weighted by atomic mass is 32.2. The van der Waals surface area contributed by atoms with Crippen LogP contribution in [0.1, 0.15) is 46.5 Å². The summed E-state index contributed by atoms with van der Waals surface area (Å²) < 4.78 is 0. The Morgan fingerprint density at radius 2 is 1.90 bits per heavy atom. The number of rotatable bonds is 6. The molecule has 1 atom stereocenters. The Bertz CT molecular complexity index is 420. The Labute approximate surface area is 126 Å². The van der Waals surface area contributed by atoms with E-state index in [2.05, 4.69) is 45.9 Å². The first-order chi connectivity index (χ1) is 9.72. The van der Waals surface area contributed by atoms with Gasteiger partial charge in [-0.15, -0.1) is 0 Å². The molecule has 2 heterocycles. The highest BCUT2D eigenvalue weighted by Gasteiger charge is 2.17. The van der Waals surface area contributed by atoms with Crippen LogP contribution in [0, 0.1) is 0 Å². The second-order valence-corrected chi connectivity index (χ2v) is 6.56. The maximum absolute atomic E-state index is 4.65. The van der Waals surface area contributed by atoms with Crippen LogP contribution in [-0.4, -0.2) is 39.8 Å². The predicted octanol–water partition coefficient (Wildman–Crippen LogP) is 3.18. The van der Waals surface area contributed by atoms with Crippen molar-refractivity contribution in [3.05, 3.63) is 0 Å². The van der Waals surface area contributed by atoms with Crippen molar-refractivity contribution < 1.29 is 0 Å². The van der Waals surface area contributed by atoms with E-state index in [9.17, 15) is 0 Å². The molecule has 0 radical (unpaired) electrons. The molecule has 0 spiro atoms. The van der Waals surface area contributed by atoms with Gasteiger partial charge in [0.05, 0.1) is 0 Å². The largest absolute Gasteiger partial charge is 0.354 e. The Kier molecular flexibility index (Phi) is 5.88. The number of hydrogen-bond acceptors (Lipinski definition) is 6. The van der Waals surface area contributed by atoms with Crippen LogP contribution in [-0.2, 0) is 0 Å². The SMILES string of the molecule is CCNc1nc(SC(C)CC)nc(N2CCCCC2)n1. The summed E-state index contributed by atoms with van der Waals surface area (Å²) in [7, 11) is 0. The monoisotopic (exact) mass is 295 g/mol. The van der Waals surface area contributed by atoms with Gasteiger partial charge in [-0.05, 0) is 32.6 Å². The van der Waals surface area contributed by atoms with E-state index in [-0.39, 0.29) is 0 Å². The number of aromatic nitrogens is 3. The van der Waals surface area contributed by atoms with E-state index >= 15 is 0 Å². The molecule has 1 aliphatic rings. The molecule has 2 rings (SSSR count). The molecule has 1 aromatic rings. The average molecular weight is 295 g/mol. The van der Waals surface area contributed by atoms with Gasteiger partial charge in [0.1, 0.15) is 0 Å². The molecular weight excluding hydrogens is 270 g/mol. The molecule has 0 aliphatic carbocycles. The zero-order valence-electron chi connectivity index (χ0n) is 12.7. The summed E-state index contributed by atoms with van der Waals surface area (Å²) in [6.07, 6.45) is 4.90. The van der Waals surface area contributed by atoms with Gasteiger partial charge in [-0.2, -0.15) is 15.0 Å². The summed E-state index contributed by atoms with van der Waals surface area (Å²) in [6.45, 7) is 9.41. The molecule has 0 aromatic carbocycles. The lowest BCUT2D eigenvalue weighted by Gasteiger charge is -2.27. The van der Waals surface area contributed by atoms with Crippen molar-refractivity contribution in [1.82, 2.24) is 15.0 Å². The number of anilines is 2. The van der Waals surface area contributed by atoms with Crippen LogP contribution in [0.5, 0.6) is 0 Å². The van der Waals surface area contributed by atoms with Crippen LogP contribution in [0.15, 0.2) is 5.16 Å². The number of nitrogens with one attached hydrogen (secondary N) is 1. The molecule has 0 saturated carbocycles. The highest BCUT2D eigenvalue weighted by molar-refractivity contribution is 7.99. The lowest BCUT2D eigenvalue weighted by atomic mass is 10.1. The summed E-state index contributed by atoms with van der Waals surface area (Å²) in [4.78, 5) is 16.0. The summed E-state index contributed by atoms with van der Waals surface area (Å²) in [5.74, 6) is 1.54. The number of thioether (sulfide) groups is 1. The third-order valence-corrected chi connectivity index (χ3v) is 4.59. The van der Waals surface area contributed by atoms with Crippen molar-refractivity contribution in [2.24, 2.45) is 0 Å². The zero-order chi connectivity index (χ0) is 14.4. The summed E-state index contributed by atoms with van der Waals surface area (Å²) >= 11 is 1.73. The lowest BCUT2D eigenvalue weighted by molar-refractivity contribution is 0.565. The van der Waals surface area contributed by atoms with Crippen LogP contribution in [0.4, 0.5) is 11.9 Å².